The van der Waals surface area contributed by atoms with Gasteiger partial charge in [0.05, 0.1) is 12.8 Å². The van der Waals surface area contributed by atoms with Gasteiger partial charge < -0.3 is 10.1 Å². The monoisotopic (exact) mass is 339 g/mol. The highest BCUT2D eigenvalue weighted by Gasteiger charge is 2.18. The average Bonchev–Trinajstić information content (AvgIpc) is 2.67. The normalized spacial score (nSPS) is 23.1. The maximum Gasteiger partial charge on any atom is 0.121 e. The Labute approximate surface area is 131 Å². The quantitative estimate of drug-likeness (QED) is 0.703. The van der Waals surface area contributed by atoms with Crippen LogP contribution < -0.4 is 10.1 Å². The number of rotatable bonds is 5. The number of hydrogen-bond acceptors (Lipinski definition) is 2. The van der Waals surface area contributed by atoms with Crippen molar-refractivity contribution in [3.05, 3.63) is 22.7 Å². The first-order valence-corrected chi connectivity index (χ1v) is 8.62. The minimum atomic E-state index is 0.597. The number of halogens is 1. The lowest BCUT2D eigenvalue weighted by molar-refractivity contribution is 0.414. The molecule has 1 aliphatic carbocycles. The Morgan fingerprint density at radius 2 is 2.10 bits per heavy atom. The van der Waals surface area contributed by atoms with Gasteiger partial charge in [0.1, 0.15) is 5.75 Å². The van der Waals surface area contributed by atoms with E-state index in [0.29, 0.717) is 6.04 Å². The molecule has 0 bridgehead atoms. The summed E-state index contributed by atoms with van der Waals surface area (Å²) in [4.78, 5) is 0. The van der Waals surface area contributed by atoms with E-state index in [9.17, 15) is 0 Å². The molecule has 1 aromatic carbocycles. The Balaban J connectivity index is 1.96. The van der Waals surface area contributed by atoms with E-state index in [1.807, 2.05) is 6.07 Å². The van der Waals surface area contributed by atoms with Crippen LogP contribution >= 0.6 is 15.9 Å². The van der Waals surface area contributed by atoms with Crippen LogP contribution in [0.25, 0.3) is 0 Å². The minimum absolute atomic E-state index is 0.597. The predicted octanol–water partition coefficient (Wildman–Crippen LogP) is 5.62. The van der Waals surface area contributed by atoms with Crippen molar-refractivity contribution in [1.29, 1.82) is 0 Å². The van der Waals surface area contributed by atoms with E-state index in [0.717, 1.165) is 21.8 Å². The van der Waals surface area contributed by atoms with Crippen molar-refractivity contribution in [3.8, 4) is 5.75 Å². The zero-order valence-electron chi connectivity index (χ0n) is 12.6. The van der Waals surface area contributed by atoms with E-state index in [1.54, 1.807) is 7.11 Å². The van der Waals surface area contributed by atoms with Gasteiger partial charge in [-0.15, -0.1) is 0 Å². The summed E-state index contributed by atoms with van der Waals surface area (Å²) >= 11 is 3.62. The fraction of sp³-hybridized carbons (Fsp3) is 0.647. The Morgan fingerprint density at radius 1 is 1.25 bits per heavy atom. The van der Waals surface area contributed by atoms with Crippen molar-refractivity contribution in [1.82, 2.24) is 0 Å². The molecule has 1 saturated carbocycles. The zero-order valence-corrected chi connectivity index (χ0v) is 14.2. The maximum absolute atomic E-state index is 5.31. The highest BCUT2D eigenvalue weighted by molar-refractivity contribution is 9.10. The van der Waals surface area contributed by atoms with Gasteiger partial charge in [-0.25, -0.2) is 0 Å². The van der Waals surface area contributed by atoms with E-state index in [1.165, 1.54) is 44.9 Å². The third kappa shape index (κ3) is 4.41. The molecular weight excluding hydrogens is 314 g/mol. The van der Waals surface area contributed by atoms with Gasteiger partial charge in [-0.05, 0) is 53.2 Å². The third-order valence-corrected chi connectivity index (χ3v) is 5.01. The molecule has 2 unspecified atom stereocenters. The first-order valence-electron chi connectivity index (χ1n) is 7.83. The molecular formula is C17H26BrNO. The molecule has 1 N–H and O–H groups in total. The summed E-state index contributed by atoms with van der Waals surface area (Å²) in [6.07, 6.45) is 9.42. The molecule has 1 aromatic rings. The highest BCUT2D eigenvalue weighted by Crippen LogP contribution is 2.32. The van der Waals surface area contributed by atoms with Crippen LogP contribution in [0, 0.1) is 5.92 Å². The SMILES string of the molecule is CCCC1CCCC(Nc2cc(OC)ccc2Br)CC1. The van der Waals surface area contributed by atoms with Gasteiger partial charge in [0, 0.05) is 16.6 Å². The molecule has 0 amide bonds. The number of methoxy groups -OCH3 is 1. The van der Waals surface area contributed by atoms with Crippen molar-refractivity contribution >= 4 is 21.6 Å². The molecule has 20 heavy (non-hydrogen) atoms. The number of nitrogens with one attached hydrogen (secondary N) is 1. The van der Waals surface area contributed by atoms with Gasteiger partial charge in [-0.2, -0.15) is 0 Å². The minimum Gasteiger partial charge on any atom is -0.497 e. The molecule has 0 heterocycles. The number of hydrogen-bond donors (Lipinski definition) is 1. The summed E-state index contributed by atoms with van der Waals surface area (Å²) in [5.41, 5.74) is 1.16. The Bertz CT molecular complexity index is 421. The van der Waals surface area contributed by atoms with Crippen molar-refractivity contribution in [3.63, 3.8) is 0 Å². The second-order valence-corrected chi connectivity index (χ2v) is 6.70. The smallest absolute Gasteiger partial charge is 0.121 e. The molecule has 2 nitrogen and oxygen atoms in total. The third-order valence-electron chi connectivity index (χ3n) is 4.32. The molecule has 2 rings (SSSR count). The van der Waals surface area contributed by atoms with Crippen molar-refractivity contribution < 1.29 is 4.74 Å². The molecule has 2 atom stereocenters. The summed E-state index contributed by atoms with van der Waals surface area (Å²) in [7, 11) is 1.72. The van der Waals surface area contributed by atoms with Crippen LogP contribution in [-0.4, -0.2) is 13.2 Å². The van der Waals surface area contributed by atoms with Crippen molar-refractivity contribution in [2.24, 2.45) is 5.92 Å². The van der Waals surface area contributed by atoms with E-state index in [2.05, 4.69) is 40.3 Å². The number of anilines is 1. The van der Waals surface area contributed by atoms with Crippen LogP contribution in [0.4, 0.5) is 5.69 Å². The summed E-state index contributed by atoms with van der Waals surface area (Å²) in [6.45, 7) is 2.30. The lowest BCUT2D eigenvalue weighted by Crippen LogP contribution is -2.18. The van der Waals surface area contributed by atoms with Gasteiger partial charge in [0.2, 0.25) is 0 Å². The molecule has 112 valence electrons. The molecule has 3 heteroatoms. The van der Waals surface area contributed by atoms with Gasteiger partial charge in [0.15, 0.2) is 0 Å². The number of ether oxygens (including phenoxy) is 1. The topological polar surface area (TPSA) is 21.3 Å². The lowest BCUT2D eigenvalue weighted by atomic mass is 9.95. The van der Waals surface area contributed by atoms with E-state index in [4.69, 9.17) is 4.74 Å². The van der Waals surface area contributed by atoms with E-state index >= 15 is 0 Å². The Kier molecular flexibility index (Phi) is 6.21. The Morgan fingerprint density at radius 3 is 2.85 bits per heavy atom. The second kappa shape index (κ2) is 7.92. The molecule has 0 radical (unpaired) electrons. The van der Waals surface area contributed by atoms with Gasteiger partial charge in [0.25, 0.3) is 0 Å². The van der Waals surface area contributed by atoms with E-state index in [-0.39, 0.29) is 0 Å². The molecule has 0 aromatic heterocycles. The zero-order chi connectivity index (χ0) is 14.4. The van der Waals surface area contributed by atoms with Crippen molar-refractivity contribution in [2.75, 3.05) is 12.4 Å². The Hall–Kier alpha value is -0.700. The van der Waals surface area contributed by atoms with Gasteiger partial charge >= 0.3 is 0 Å². The standard InChI is InChI=1S/C17H26BrNO/c1-3-5-13-6-4-7-14(9-8-13)19-17-12-15(20-2)10-11-16(17)18/h10-14,19H,3-9H2,1-2H3. The van der Waals surface area contributed by atoms with Gasteiger partial charge in [-0.1, -0.05) is 32.6 Å². The summed E-state index contributed by atoms with van der Waals surface area (Å²) in [5.74, 6) is 1.86. The second-order valence-electron chi connectivity index (χ2n) is 5.85. The van der Waals surface area contributed by atoms with Crippen LogP contribution in [0.15, 0.2) is 22.7 Å². The van der Waals surface area contributed by atoms with Crippen LogP contribution in [0.3, 0.4) is 0 Å². The largest absolute Gasteiger partial charge is 0.497 e. The first-order chi connectivity index (χ1) is 9.72. The molecule has 0 aliphatic heterocycles. The molecule has 1 fully saturated rings. The molecule has 0 saturated heterocycles. The number of benzene rings is 1. The van der Waals surface area contributed by atoms with Crippen molar-refractivity contribution in [2.45, 2.75) is 57.9 Å². The van der Waals surface area contributed by atoms with Crippen LogP contribution in [-0.2, 0) is 0 Å². The maximum atomic E-state index is 5.31. The lowest BCUT2D eigenvalue weighted by Gasteiger charge is -2.19. The van der Waals surface area contributed by atoms with E-state index < -0.39 is 0 Å². The fourth-order valence-electron chi connectivity index (χ4n) is 3.18. The van der Waals surface area contributed by atoms with Crippen LogP contribution in [0.1, 0.15) is 51.9 Å². The van der Waals surface area contributed by atoms with Crippen LogP contribution in [0.2, 0.25) is 0 Å². The highest BCUT2D eigenvalue weighted by atomic mass is 79.9. The molecule has 0 spiro atoms. The van der Waals surface area contributed by atoms with Crippen LogP contribution in [0.5, 0.6) is 5.75 Å². The summed E-state index contributed by atoms with van der Waals surface area (Å²) in [5, 5.41) is 3.70. The summed E-state index contributed by atoms with van der Waals surface area (Å²) in [6, 6.07) is 6.72. The van der Waals surface area contributed by atoms with Gasteiger partial charge in [-0.3, -0.25) is 0 Å². The first kappa shape index (κ1) is 15.7. The predicted molar refractivity (Wildman–Crippen MR) is 89.6 cm³/mol. The average molecular weight is 340 g/mol. The molecule has 1 aliphatic rings. The summed E-state index contributed by atoms with van der Waals surface area (Å²) < 4.78 is 6.43. The fourth-order valence-corrected chi connectivity index (χ4v) is 3.54.